The van der Waals surface area contributed by atoms with E-state index in [1.807, 2.05) is 0 Å². The molecule has 0 amide bonds. The second-order valence-electron chi connectivity index (χ2n) is 2.92. The fraction of sp³-hybridized carbons (Fsp3) is 0.500. The Morgan fingerprint density at radius 3 is 2.79 bits per heavy atom. The molecule has 0 aliphatic carbocycles. The molecular formula is C8H11ClN2O3. The minimum absolute atomic E-state index is 0.0429. The van der Waals surface area contributed by atoms with E-state index in [4.69, 9.17) is 16.3 Å². The van der Waals surface area contributed by atoms with Crippen LogP contribution >= 0.6 is 11.6 Å². The highest BCUT2D eigenvalue weighted by atomic mass is 35.5. The van der Waals surface area contributed by atoms with E-state index < -0.39 is 11.2 Å². The Kier molecular flexibility index (Phi) is 3.49. The van der Waals surface area contributed by atoms with Gasteiger partial charge >= 0.3 is 5.69 Å². The van der Waals surface area contributed by atoms with Crippen molar-refractivity contribution < 1.29 is 4.74 Å². The summed E-state index contributed by atoms with van der Waals surface area (Å²) in [7, 11) is 1.51. The average Bonchev–Trinajstić information content (AvgIpc) is 2.10. The van der Waals surface area contributed by atoms with Crippen molar-refractivity contribution >= 4 is 11.6 Å². The molecule has 1 atom stereocenters. The Morgan fingerprint density at radius 2 is 2.29 bits per heavy atom. The van der Waals surface area contributed by atoms with Crippen LogP contribution in [0.4, 0.5) is 0 Å². The van der Waals surface area contributed by atoms with Crippen molar-refractivity contribution in [3.05, 3.63) is 32.1 Å². The molecule has 0 fully saturated rings. The zero-order chi connectivity index (χ0) is 10.7. The van der Waals surface area contributed by atoms with Gasteiger partial charge in [-0.05, 0) is 6.92 Å². The number of methoxy groups -OCH3 is 1. The van der Waals surface area contributed by atoms with Gasteiger partial charge in [-0.15, -0.1) is 0 Å². The first-order valence-corrected chi connectivity index (χ1v) is 4.45. The summed E-state index contributed by atoms with van der Waals surface area (Å²) < 4.78 is 5.99. The van der Waals surface area contributed by atoms with Crippen LogP contribution < -0.4 is 11.2 Å². The molecule has 0 radical (unpaired) electrons. The third kappa shape index (κ3) is 2.46. The fourth-order valence-corrected chi connectivity index (χ4v) is 1.17. The summed E-state index contributed by atoms with van der Waals surface area (Å²) in [5, 5.41) is 0.0429. The molecule has 0 saturated carbocycles. The molecule has 0 spiro atoms. The van der Waals surface area contributed by atoms with E-state index in [1.54, 1.807) is 6.92 Å². The molecular weight excluding hydrogens is 208 g/mol. The Hall–Kier alpha value is -1.07. The molecule has 0 aliphatic heterocycles. The topological polar surface area (TPSA) is 64.1 Å². The monoisotopic (exact) mass is 218 g/mol. The first-order chi connectivity index (χ1) is 6.54. The van der Waals surface area contributed by atoms with Crippen molar-refractivity contribution in [1.82, 2.24) is 9.55 Å². The fourth-order valence-electron chi connectivity index (χ4n) is 0.997. The van der Waals surface area contributed by atoms with Crippen molar-refractivity contribution in [3.63, 3.8) is 0 Å². The Morgan fingerprint density at radius 1 is 1.64 bits per heavy atom. The number of halogens is 1. The second-order valence-corrected chi connectivity index (χ2v) is 3.32. The van der Waals surface area contributed by atoms with Gasteiger partial charge < -0.3 is 4.74 Å². The van der Waals surface area contributed by atoms with Crippen LogP contribution in [0.15, 0.2) is 15.7 Å². The molecule has 5 nitrogen and oxygen atoms in total. The molecule has 1 N–H and O–H groups in total. The quantitative estimate of drug-likeness (QED) is 0.739. The van der Waals surface area contributed by atoms with Gasteiger partial charge in [0.2, 0.25) is 0 Å². The van der Waals surface area contributed by atoms with Gasteiger partial charge in [-0.1, -0.05) is 11.6 Å². The van der Waals surface area contributed by atoms with Gasteiger partial charge in [-0.3, -0.25) is 14.3 Å². The van der Waals surface area contributed by atoms with Crippen LogP contribution in [-0.2, 0) is 11.3 Å². The number of H-pyrrole nitrogens is 1. The Bertz CT molecular complexity index is 392. The largest absolute Gasteiger partial charge is 0.380 e. The van der Waals surface area contributed by atoms with Crippen molar-refractivity contribution in [2.45, 2.75) is 19.6 Å². The van der Waals surface area contributed by atoms with Crippen molar-refractivity contribution in [2.24, 2.45) is 0 Å². The van der Waals surface area contributed by atoms with Gasteiger partial charge in [0, 0.05) is 13.2 Å². The third-order valence-corrected chi connectivity index (χ3v) is 2.03. The molecule has 78 valence electrons. The average molecular weight is 219 g/mol. The van der Waals surface area contributed by atoms with E-state index >= 15 is 0 Å². The van der Waals surface area contributed by atoms with Gasteiger partial charge in [0.15, 0.2) is 0 Å². The number of aromatic nitrogens is 2. The maximum atomic E-state index is 11.3. The highest BCUT2D eigenvalue weighted by Crippen LogP contribution is 1.95. The van der Waals surface area contributed by atoms with E-state index in [0.717, 1.165) is 10.6 Å². The van der Waals surface area contributed by atoms with Crippen molar-refractivity contribution in [1.29, 1.82) is 0 Å². The van der Waals surface area contributed by atoms with Gasteiger partial charge in [0.1, 0.15) is 5.15 Å². The van der Waals surface area contributed by atoms with Crippen molar-refractivity contribution in [2.75, 3.05) is 7.11 Å². The number of hydrogen-bond acceptors (Lipinski definition) is 3. The summed E-state index contributed by atoms with van der Waals surface area (Å²) >= 11 is 5.49. The summed E-state index contributed by atoms with van der Waals surface area (Å²) in [5.74, 6) is 0. The van der Waals surface area contributed by atoms with E-state index in [2.05, 4.69) is 4.98 Å². The predicted octanol–water partition coefficient (Wildman–Crippen LogP) is 0.225. The van der Waals surface area contributed by atoms with Gasteiger partial charge in [0.05, 0.1) is 12.6 Å². The lowest BCUT2D eigenvalue weighted by atomic mass is 10.4. The summed E-state index contributed by atoms with van der Waals surface area (Å²) in [5.41, 5.74) is -0.950. The van der Waals surface area contributed by atoms with Crippen LogP contribution in [0, 0.1) is 0 Å². The predicted molar refractivity (Wildman–Crippen MR) is 52.8 cm³/mol. The lowest BCUT2D eigenvalue weighted by Crippen LogP contribution is -2.37. The number of ether oxygens (including phenoxy) is 1. The number of nitrogens with one attached hydrogen (secondary N) is 1. The summed E-state index contributed by atoms with van der Waals surface area (Å²) in [4.78, 5) is 24.9. The zero-order valence-electron chi connectivity index (χ0n) is 7.91. The normalized spacial score (nSPS) is 12.8. The second kappa shape index (κ2) is 4.43. The molecule has 1 aromatic heterocycles. The molecule has 1 aromatic rings. The molecule has 0 saturated heterocycles. The first-order valence-electron chi connectivity index (χ1n) is 4.07. The van der Waals surface area contributed by atoms with E-state index in [9.17, 15) is 9.59 Å². The molecule has 0 aromatic carbocycles. The standard InChI is InChI=1S/C8H11ClN2O3/c1-5(14-2)4-11-7(12)3-6(9)10-8(11)13/h3,5H,4H2,1-2H3,(H,10,13). The van der Waals surface area contributed by atoms with Crippen LogP contribution in [0.1, 0.15) is 6.92 Å². The van der Waals surface area contributed by atoms with Crippen LogP contribution in [0.2, 0.25) is 5.15 Å². The highest BCUT2D eigenvalue weighted by molar-refractivity contribution is 6.29. The molecule has 6 heteroatoms. The van der Waals surface area contributed by atoms with Gasteiger partial charge in [0.25, 0.3) is 5.56 Å². The zero-order valence-corrected chi connectivity index (χ0v) is 8.67. The summed E-state index contributed by atoms with van der Waals surface area (Å²) in [6.45, 7) is 1.97. The number of aromatic amines is 1. The lowest BCUT2D eigenvalue weighted by molar-refractivity contribution is 0.101. The summed E-state index contributed by atoms with van der Waals surface area (Å²) in [6.07, 6.45) is -0.199. The number of hydrogen-bond donors (Lipinski definition) is 1. The third-order valence-electron chi connectivity index (χ3n) is 1.83. The maximum absolute atomic E-state index is 11.3. The van der Waals surface area contributed by atoms with Crippen LogP contribution in [0.3, 0.4) is 0 Å². The number of rotatable bonds is 3. The first kappa shape index (κ1) is 11.0. The SMILES string of the molecule is COC(C)Cn1c(=O)cc(Cl)[nH]c1=O. The van der Waals surface area contributed by atoms with E-state index in [0.29, 0.717) is 0 Å². The van der Waals surface area contributed by atoms with Crippen molar-refractivity contribution in [3.8, 4) is 0 Å². The molecule has 1 rings (SSSR count). The highest BCUT2D eigenvalue weighted by Gasteiger charge is 2.06. The van der Waals surface area contributed by atoms with E-state index in [-0.39, 0.29) is 17.8 Å². The van der Waals surface area contributed by atoms with Gasteiger partial charge in [-0.2, -0.15) is 0 Å². The molecule has 0 bridgehead atoms. The molecule has 1 unspecified atom stereocenters. The minimum atomic E-state index is -0.522. The maximum Gasteiger partial charge on any atom is 0.329 e. The minimum Gasteiger partial charge on any atom is -0.380 e. The molecule has 0 aliphatic rings. The smallest absolute Gasteiger partial charge is 0.329 e. The molecule has 14 heavy (non-hydrogen) atoms. The van der Waals surface area contributed by atoms with E-state index in [1.165, 1.54) is 7.11 Å². The summed E-state index contributed by atoms with van der Waals surface area (Å²) in [6, 6.07) is 1.16. The van der Waals surface area contributed by atoms with Gasteiger partial charge in [-0.25, -0.2) is 4.79 Å². The molecule has 1 heterocycles. The number of nitrogens with zero attached hydrogens (tertiary/aromatic N) is 1. The Balaban J connectivity index is 3.10. The van der Waals surface area contributed by atoms with Crippen LogP contribution in [0.25, 0.3) is 0 Å². The van der Waals surface area contributed by atoms with Crippen LogP contribution in [-0.4, -0.2) is 22.8 Å². The Labute approximate surface area is 85.3 Å². The lowest BCUT2D eigenvalue weighted by Gasteiger charge is -2.10. The van der Waals surface area contributed by atoms with Crippen LogP contribution in [0.5, 0.6) is 0 Å².